The number of aldehydes is 2. The summed E-state index contributed by atoms with van der Waals surface area (Å²) in [6.07, 6.45) is 4.36. The minimum Gasteiger partial charge on any atom is -0.303 e. The first-order chi connectivity index (χ1) is 7.05. The number of allylic oxidation sites excluding steroid dienone is 2. The van der Waals surface area contributed by atoms with E-state index in [4.69, 9.17) is 0 Å². The van der Waals surface area contributed by atoms with Gasteiger partial charge in [0.1, 0.15) is 18.4 Å². The molecule has 0 saturated carbocycles. The standard InChI is InChI=1S/C12H18O3/c1-4-6-12(7-9-14,11(3)15)10(2)5-8-13/h5,8-9H,4,6-7H2,1-3H3. The zero-order chi connectivity index (χ0) is 11.9. The Balaban J connectivity index is 5.27. The maximum absolute atomic E-state index is 11.6. The highest BCUT2D eigenvalue weighted by atomic mass is 16.1. The van der Waals surface area contributed by atoms with Crippen molar-refractivity contribution in [1.29, 1.82) is 0 Å². The van der Waals surface area contributed by atoms with Crippen LogP contribution in [0.1, 0.15) is 40.0 Å². The van der Waals surface area contributed by atoms with Crippen LogP contribution >= 0.6 is 0 Å². The van der Waals surface area contributed by atoms with Gasteiger partial charge in [-0.05, 0) is 26.3 Å². The van der Waals surface area contributed by atoms with Gasteiger partial charge in [0, 0.05) is 6.42 Å². The Labute approximate surface area is 90.5 Å². The lowest BCUT2D eigenvalue weighted by Gasteiger charge is -2.30. The second-order valence-electron chi connectivity index (χ2n) is 3.74. The Morgan fingerprint density at radius 2 is 1.87 bits per heavy atom. The molecule has 0 heterocycles. The van der Waals surface area contributed by atoms with Gasteiger partial charge in [0.25, 0.3) is 0 Å². The van der Waals surface area contributed by atoms with Gasteiger partial charge in [0.2, 0.25) is 0 Å². The van der Waals surface area contributed by atoms with Crippen LogP contribution in [-0.4, -0.2) is 18.4 Å². The fourth-order valence-corrected chi connectivity index (χ4v) is 1.89. The molecule has 0 aromatic carbocycles. The van der Waals surface area contributed by atoms with Crippen molar-refractivity contribution in [2.75, 3.05) is 0 Å². The summed E-state index contributed by atoms with van der Waals surface area (Å²) in [5.74, 6) is -0.0490. The smallest absolute Gasteiger partial charge is 0.142 e. The van der Waals surface area contributed by atoms with Gasteiger partial charge in [-0.1, -0.05) is 18.9 Å². The normalized spacial score (nSPS) is 15.5. The van der Waals surface area contributed by atoms with Crippen molar-refractivity contribution in [2.45, 2.75) is 40.0 Å². The van der Waals surface area contributed by atoms with Gasteiger partial charge in [-0.2, -0.15) is 0 Å². The molecule has 3 heteroatoms. The van der Waals surface area contributed by atoms with Gasteiger partial charge in [-0.25, -0.2) is 0 Å². The predicted octanol–water partition coefficient (Wildman–Crippen LogP) is 2.10. The molecule has 0 aliphatic heterocycles. The first-order valence-corrected chi connectivity index (χ1v) is 5.12. The van der Waals surface area contributed by atoms with Crippen LogP contribution in [0.5, 0.6) is 0 Å². The van der Waals surface area contributed by atoms with Crippen LogP contribution < -0.4 is 0 Å². The predicted molar refractivity (Wildman–Crippen MR) is 58.5 cm³/mol. The molecule has 15 heavy (non-hydrogen) atoms. The topological polar surface area (TPSA) is 51.2 Å². The summed E-state index contributed by atoms with van der Waals surface area (Å²) in [5.41, 5.74) is -0.0869. The van der Waals surface area contributed by atoms with Crippen LogP contribution in [0.4, 0.5) is 0 Å². The van der Waals surface area contributed by atoms with Gasteiger partial charge in [-0.15, -0.1) is 0 Å². The molecule has 0 aromatic heterocycles. The Morgan fingerprint density at radius 1 is 1.27 bits per heavy atom. The summed E-state index contributed by atoms with van der Waals surface area (Å²) in [5, 5.41) is 0. The van der Waals surface area contributed by atoms with Crippen LogP contribution in [0.25, 0.3) is 0 Å². The average molecular weight is 210 g/mol. The van der Waals surface area contributed by atoms with Gasteiger partial charge >= 0.3 is 0 Å². The molecule has 84 valence electrons. The second kappa shape index (κ2) is 6.27. The molecule has 1 atom stereocenters. The molecule has 0 bridgehead atoms. The number of carbonyl (C=O) groups is 3. The fraction of sp³-hybridized carbons (Fsp3) is 0.583. The number of Topliss-reactive ketones (excluding diaryl/α,β-unsaturated/α-hetero) is 1. The van der Waals surface area contributed by atoms with Crippen LogP contribution in [0.3, 0.4) is 0 Å². The molecular weight excluding hydrogens is 192 g/mol. The van der Waals surface area contributed by atoms with Crippen molar-refractivity contribution in [2.24, 2.45) is 5.41 Å². The quantitative estimate of drug-likeness (QED) is 0.477. The number of rotatable bonds is 7. The Bertz CT molecular complexity index is 279. The monoisotopic (exact) mass is 210 g/mol. The summed E-state index contributed by atoms with van der Waals surface area (Å²) < 4.78 is 0. The lowest BCUT2D eigenvalue weighted by Crippen LogP contribution is -2.31. The molecule has 0 radical (unpaired) electrons. The minimum atomic E-state index is -0.766. The van der Waals surface area contributed by atoms with Gasteiger partial charge in [0.05, 0.1) is 5.41 Å². The van der Waals surface area contributed by atoms with Gasteiger partial charge in [0.15, 0.2) is 0 Å². The molecule has 0 aliphatic rings. The SMILES string of the molecule is CCCC(CC=O)(C(C)=O)C(C)=CC=O. The van der Waals surface area contributed by atoms with Crippen molar-refractivity contribution in [3.63, 3.8) is 0 Å². The van der Waals surface area contributed by atoms with E-state index in [1.165, 1.54) is 13.0 Å². The van der Waals surface area contributed by atoms with E-state index < -0.39 is 5.41 Å². The van der Waals surface area contributed by atoms with E-state index in [0.29, 0.717) is 18.3 Å². The van der Waals surface area contributed by atoms with Crippen molar-refractivity contribution in [3.05, 3.63) is 11.6 Å². The molecule has 0 saturated heterocycles. The summed E-state index contributed by atoms with van der Waals surface area (Å²) >= 11 is 0. The third-order valence-corrected chi connectivity index (χ3v) is 2.86. The van der Waals surface area contributed by atoms with Crippen LogP contribution in [0.15, 0.2) is 11.6 Å². The summed E-state index contributed by atoms with van der Waals surface area (Å²) in [4.78, 5) is 32.7. The van der Waals surface area contributed by atoms with E-state index in [1.54, 1.807) is 6.92 Å². The molecule has 0 aliphatic carbocycles. The number of hydrogen-bond acceptors (Lipinski definition) is 3. The number of ketones is 1. The first-order valence-electron chi connectivity index (χ1n) is 5.12. The lowest BCUT2D eigenvalue weighted by atomic mass is 9.71. The van der Waals surface area contributed by atoms with Crippen molar-refractivity contribution < 1.29 is 14.4 Å². The van der Waals surface area contributed by atoms with E-state index >= 15 is 0 Å². The maximum Gasteiger partial charge on any atom is 0.142 e. The largest absolute Gasteiger partial charge is 0.303 e. The number of hydrogen-bond donors (Lipinski definition) is 0. The Kier molecular flexibility index (Phi) is 5.75. The number of carbonyl (C=O) groups excluding carboxylic acids is 3. The molecule has 0 amide bonds. The minimum absolute atomic E-state index is 0.0490. The van der Waals surface area contributed by atoms with Crippen LogP contribution in [-0.2, 0) is 14.4 Å². The third-order valence-electron chi connectivity index (χ3n) is 2.86. The fourth-order valence-electron chi connectivity index (χ4n) is 1.89. The maximum atomic E-state index is 11.6. The molecule has 0 N–H and O–H groups in total. The molecule has 0 aromatic rings. The molecule has 0 spiro atoms. The Morgan fingerprint density at radius 3 is 2.20 bits per heavy atom. The first kappa shape index (κ1) is 13.8. The van der Waals surface area contributed by atoms with E-state index in [-0.39, 0.29) is 12.2 Å². The molecule has 0 fully saturated rings. The third kappa shape index (κ3) is 3.11. The summed E-state index contributed by atoms with van der Waals surface area (Å²) in [6.45, 7) is 5.16. The zero-order valence-electron chi connectivity index (χ0n) is 9.58. The molecule has 3 nitrogen and oxygen atoms in total. The van der Waals surface area contributed by atoms with Crippen LogP contribution in [0, 0.1) is 5.41 Å². The highest BCUT2D eigenvalue weighted by Crippen LogP contribution is 2.36. The highest BCUT2D eigenvalue weighted by Gasteiger charge is 2.35. The van der Waals surface area contributed by atoms with Crippen molar-refractivity contribution >= 4 is 18.4 Å². The van der Waals surface area contributed by atoms with E-state index in [9.17, 15) is 14.4 Å². The summed E-state index contributed by atoms with van der Waals surface area (Å²) in [7, 11) is 0. The molecule has 1 unspecified atom stereocenters. The van der Waals surface area contributed by atoms with E-state index in [0.717, 1.165) is 12.7 Å². The average Bonchev–Trinajstić information content (AvgIpc) is 2.17. The molecular formula is C12H18O3. The highest BCUT2D eigenvalue weighted by molar-refractivity contribution is 5.89. The van der Waals surface area contributed by atoms with Crippen LogP contribution in [0.2, 0.25) is 0 Å². The summed E-state index contributed by atoms with van der Waals surface area (Å²) in [6, 6.07) is 0. The Hall–Kier alpha value is -1.25. The van der Waals surface area contributed by atoms with E-state index in [2.05, 4.69) is 0 Å². The molecule has 0 rings (SSSR count). The second-order valence-corrected chi connectivity index (χ2v) is 3.74. The zero-order valence-corrected chi connectivity index (χ0v) is 9.58. The van der Waals surface area contributed by atoms with E-state index in [1.807, 2.05) is 6.92 Å². The van der Waals surface area contributed by atoms with Crippen molar-refractivity contribution in [1.82, 2.24) is 0 Å². The van der Waals surface area contributed by atoms with Crippen molar-refractivity contribution in [3.8, 4) is 0 Å². The van der Waals surface area contributed by atoms with Gasteiger partial charge < -0.3 is 4.79 Å². The van der Waals surface area contributed by atoms with Gasteiger partial charge in [-0.3, -0.25) is 9.59 Å². The lowest BCUT2D eigenvalue weighted by molar-refractivity contribution is -0.127.